The van der Waals surface area contributed by atoms with E-state index in [2.05, 4.69) is 0 Å². The molecule has 0 heterocycles. The molecule has 1 aromatic carbocycles. The van der Waals surface area contributed by atoms with Gasteiger partial charge in [-0.15, -0.1) is 0 Å². The van der Waals surface area contributed by atoms with Gasteiger partial charge in [0.05, 0.1) is 0 Å². The van der Waals surface area contributed by atoms with Crippen LogP contribution in [0.4, 0.5) is 0 Å². The van der Waals surface area contributed by atoms with E-state index in [0.29, 0.717) is 37.7 Å². The van der Waals surface area contributed by atoms with Crippen LogP contribution in [0.25, 0.3) is 0 Å². The molecule has 1 aromatic rings. The first kappa shape index (κ1) is 19.1. The summed E-state index contributed by atoms with van der Waals surface area (Å²) in [5.74, 6) is -1.81. The number of fused-ring (bicyclic) bond motifs is 1. The fourth-order valence-corrected chi connectivity index (χ4v) is 3.74. The number of unbranched alkanes of at least 4 members (excludes halogenated alkanes) is 2. The summed E-state index contributed by atoms with van der Waals surface area (Å²) in [7, 11) is 0. The van der Waals surface area contributed by atoms with Crippen LogP contribution in [0.15, 0.2) is 12.1 Å². The molecule has 6 nitrogen and oxygen atoms in total. The normalized spacial score (nSPS) is 19.4. The first-order chi connectivity index (χ1) is 11.8. The lowest BCUT2D eigenvalue weighted by Gasteiger charge is -2.34. The van der Waals surface area contributed by atoms with E-state index in [9.17, 15) is 19.5 Å². The smallest absolute Gasteiger partial charge is 0.317 e. The van der Waals surface area contributed by atoms with E-state index < -0.39 is 17.3 Å². The number of rotatable bonds is 7. The maximum atomic E-state index is 13.0. The molecule has 6 heteroatoms. The van der Waals surface area contributed by atoms with Crippen molar-refractivity contribution < 1.29 is 24.7 Å². The van der Waals surface area contributed by atoms with Crippen molar-refractivity contribution in [3.8, 4) is 0 Å². The molecule has 2 rings (SSSR count). The number of hydrogen-bond donors (Lipinski definition) is 3. The second-order valence-corrected chi connectivity index (χ2v) is 6.92. The summed E-state index contributed by atoms with van der Waals surface area (Å²) < 4.78 is 0. The van der Waals surface area contributed by atoms with E-state index in [1.165, 1.54) is 0 Å². The topological polar surface area (TPSA) is 104 Å². The van der Waals surface area contributed by atoms with Gasteiger partial charge in [-0.3, -0.25) is 19.6 Å². The number of ketones is 1. The van der Waals surface area contributed by atoms with Crippen molar-refractivity contribution >= 4 is 17.7 Å². The molecule has 1 atom stereocenters. The number of carboxylic acid groups (broad SMARTS) is 1. The molecule has 1 aliphatic rings. The van der Waals surface area contributed by atoms with Gasteiger partial charge in [-0.25, -0.2) is 5.48 Å². The third-order valence-electron chi connectivity index (χ3n) is 5.14. The minimum atomic E-state index is -1.37. The van der Waals surface area contributed by atoms with Crippen molar-refractivity contribution in [1.29, 1.82) is 0 Å². The van der Waals surface area contributed by atoms with E-state index in [1.54, 1.807) is 11.5 Å². The van der Waals surface area contributed by atoms with Crippen LogP contribution in [-0.2, 0) is 16.0 Å². The van der Waals surface area contributed by atoms with Crippen molar-refractivity contribution in [2.45, 2.75) is 58.8 Å². The Bertz CT molecular complexity index is 697. The van der Waals surface area contributed by atoms with E-state index in [-0.39, 0.29) is 18.6 Å². The third kappa shape index (κ3) is 3.90. The van der Waals surface area contributed by atoms with Gasteiger partial charge in [-0.2, -0.15) is 0 Å². The molecule has 0 fully saturated rings. The quantitative estimate of drug-likeness (QED) is 0.304. The Labute approximate surface area is 147 Å². The molecule has 0 spiro atoms. The van der Waals surface area contributed by atoms with E-state index in [0.717, 1.165) is 16.7 Å². The highest BCUT2D eigenvalue weighted by Gasteiger charge is 2.48. The van der Waals surface area contributed by atoms with Crippen LogP contribution in [0.5, 0.6) is 0 Å². The number of carbonyl (C=O) groups excluding carboxylic acids is 2. The van der Waals surface area contributed by atoms with Gasteiger partial charge < -0.3 is 5.11 Å². The van der Waals surface area contributed by atoms with Crippen LogP contribution in [-0.4, -0.2) is 28.0 Å². The Hall–Kier alpha value is -2.21. The summed E-state index contributed by atoms with van der Waals surface area (Å²) in [6, 6.07) is 3.82. The van der Waals surface area contributed by atoms with Crippen LogP contribution in [0.2, 0.25) is 0 Å². The Morgan fingerprint density at radius 2 is 1.92 bits per heavy atom. The van der Waals surface area contributed by atoms with Gasteiger partial charge >= 0.3 is 5.97 Å². The lowest BCUT2D eigenvalue weighted by Crippen LogP contribution is -2.43. The zero-order valence-corrected chi connectivity index (χ0v) is 14.7. The molecule has 136 valence electrons. The van der Waals surface area contributed by atoms with Gasteiger partial charge in [-0.1, -0.05) is 24.5 Å². The minimum Gasteiger partial charge on any atom is -0.480 e. The summed E-state index contributed by atoms with van der Waals surface area (Å²) in [5, 5.41) is 18.2. The molecule has 0 aromatic heterocycles. The summed E-state index contributed by atoms with van der Waals surface area (Å²) in [4.78, 5) is 36.0. The first-order valence-corrected chi connectivity index (χ1v) is 8.63. The molecule has 0 saturated heterocycles. The number of aliphatic carboxylic acids is 1. The second kappa shape index (κ2) is 7.78. The molecule has 25 heavy (non-hydrogen) atoms. The van der Waals surface area contributed by atoms with Gasteiger partial charge in [0.15, 0.2) is 5.78 Å². The predicted molar refractivity (Wildman–Crippen MR) is 91.7 cm³/mol. The zero-order valence-electron chi connectivity index (χ0n) is 14.7. The third-order valence-corrected chi connectivity index (χ3v) is 5.14. The number of hydrogen-bond acceptors (Lipinski definition) is 4. The molecule has 0 saturated carbocycles. The summed E-state index contributed by atoms with van der Waals surface area (Å²) >= 11 is 0. The largest absolute Gasteiger partial charge is 0.480 e. The second-order valence-electron chi connectivity index (χ2n) is 6.92. The first-order valence-electron chi connectivity index (χ1n) is 8.63. The number of Topliss-reactive ketones (excluding diaryl/α,β-unsaturated/α-hetero) is 1. The van der Waals surface area contributed by atoms with E-state index in [1.807, 2.05) is 19.9 Å². The summed E-state index contributed by atoms with van der Waals surface area (Å²) in [6.45, 7) is 3.86. The molecule has 0 bridgehead atoms. The van der Waals surface area contributed by atoms with E-state index in [4.69, 9.17) is 5.21 Å². The molecule has 1 amide bonds. The molecule has 0 radical (unpaired) electrons. The average molecular weight is 347 g/mol. The Balaban J connectivity index is 2.13. The standard InChI is InChI=1S/C19H25NO5/c1-12-10-13(2)14-7-9-19(18(23)24,17(22)15(14)11-12)8-5-3-4-6-16(21)20-25/h10-11,25H,3-9H2,1-2H3,(H,20,21)(H,23,24). The Morgan fingerprint density at radius 3 is 2.56 bits per heavy atom. The fourth-order valence-electron chi connectivity index (χ4n) is 3.74. The molecule has 0 aliphatic heterocycles. The lowest BCUT2D eigenvalue weighted by molar-refractivity contribution is -0.147. The number of aryl methyl sites for hydroxylation is 2. The molecule has 1 unspecified atom stereocenters. The monoisotopic (exact) mass is 347 g/mol. The Kier molecular flexibility index (Phi) is 5.95. The van der Waals surface area contributed by atoms with Crippen LogP contribution >= 0.6 is 0 Å². The fraction of sp³-hybridized carbons (Fsp3) is 0.526. The van der Waals surface area contributed by atoms with Crippen molar-refractivity contribution in [2.75, 3.05) is 0 Å². The average Bonchev–Trinajstić information content (AvgIpc) is 2.56. The highest BCUT2D eigenvalue weighted by Crippen LogP contribution is 2.41. The predicted octanol–water partition coefficient (Wildman–Crippen LogP) is 2.96. The number of carbonyl (C=O) groups is 3. The molecule has 3 N–H and O–H groups in total. The maximum absolute atomic E-state index is 13.0. The Morgan fingerprint density at radius 1 is 1.20 bits per heavy atom. The van der Waals surface area contributed by atoms with Crippen molar-refractivity contribution in [2.24, 2.45) is 5.41 Å². The van der Waals surface area contributed by atoms with E-state index >= 15 is 0 Å². The highest BCUT2D eigenvalue weighted by atomic mass is 16.5. The molecule has 1 aliphatic carbocycles. The van der Waals surface area contributed by atoms with Gasteiger partial charge in [0.25, 0.3) is 0 Å². The van der Waals surface area contributed by atoms with Crippen LogP contribution < -0.4 is 5.48 Å². The molecular weight excluding hydrogens is 322 g/mol. The van der Waals surface area contributed by atoms with Crippen LogP contribution in [0.3, 0.4) is 0 Å². The van der Waals surface area contributed by atoms with Gasteiger partial charge in [0, 0.05) is 12.0 Å². The highest BCUT2D eigenvalue weighted by molar-refractivity contribution is 6.13. The number of benzene rings is 1. The van der Waals surface area contributed by atoms with Crippen molar-refractivity contribution in [1.82, 2.24) is 5.48 Å². The van der Waals surface area contributed by atoms with Crippen molar-refractivity contribution in [3.63, 3.8) is 0 Å². The number of carboxylic acids is 1. The molecular formula is C19H25NO5. The van der Waals surface area contributed by atoms with Crippen molar-refractivity contribution in [3.05, 3.63) is 34.4 Å². The number of nitrogens with one attached hydrogen (secondary N) is 1. The SMILES string of the molecule is Cc1cc(C)c2c(c1)C(=O)C(CCCCCC(=O)NO)(C(=O)O)CC2. The summed E-state index contributed by atoms with van der Waals surface area (Å²) in [5.41, 5.74) is 3.71. The van der Waals surface area contributed by atoms with Gasteiger partial charge in [0.2, 0.25) is 5.91 Å². The summed E-state index contributed by atoms with van der Waals surface area (Å²) in [6.07, 6.45) is 3.10. The van der Waals surface area contributed by atoms with Crippen LogP contribution in [0, 0.1) is 19.3 Å². The van der Waals surface area contributed by atoms with Gasteiger partial charge in [-0.05, 0) is 56.7 Å². The lowest BCUT2D eigenvalue weighted by atomic mass is 9.67. The van der Waals surface area contributed by atoms with Gasteiger partial charge in [0.1, 0.15) is 5.41 Å². The maximum Gasteiger partial charge on any atom is 0.317 e. The number of amides is 1. The van der Waals surface area contributed by atoms with Crippen LogP contribution in [0.1, 0.15) is 65.6 Å². The number of hydroxylamine groups is 1. The zero-order chi connectivity index (χ0) is 18.6. The minimum absolute atomic E-state index is 0.186.